The van der Waals surface area contributed by atoms with E-state index in [2.05, 4.69) is 23.6 Å². The summed E-state index contributed by atoms with van der Waals surface area (Å²) in [5.41, 5.74) is 0. The van der Waals surface area contributed by atoms with E-state index in [-0.39, 0.29) is 17.5 Å². The van der Waals surface area contributed by atoms with Gasteiger partial charge in [-0.1, -0.05) is 0 Å². The molecule has 2 N–H and O–H groups in total. The van der Waals surface area contributed by atoms with E-state index in [0.29, 0.717) is 10.9 Å². The van der Waals surface area contributed by atoms with Gasteiger partial charge in [0.05, 0.1) is 11.5 Å². The molecule has 0 bridgehead atoms. The number of nitrogens with one attached hydrogen (secondary N) is 1. The fourth-order valence-corrected chi connectivity index (χ4v) is 4.94. The van der Waals surface area contributed by atoms with E-state index >= 15 is 0 Å². The zero-order chi connectivity index (χ0) is 14.0. The van der Waals surface area contributed by atoms with Crippen LogP contribution in [-0.4, -0.2) is 44.1 Å². The topological polar surface area (TPSA) is 69.6 Å². The Kier molecular flexibility index (Phi) is 4.62. The van der Waals surface area contributed by atoms with Crippen molar-refractivity contribution in [3.05, 3.63) is 16.3 Å². The number of nitrogens with zero attached hydrogens (tertiary/aromatic N) is 1. The number of likely N-dealkylation sites (tertiary alicyclic amines) is 1. The number of sulfonamides is 1. The van der Waals surface area contributed by atoms with Crippen LogP contribution in [0.1, 0.15) is 24.6 Å². The van der Waals surface area contributed by atoms with Crippen molar-refractivity contribution in [1.82, 2.24) is 9.62 Å². The average Bonchev–Trinajstić information content (AvgIpc) is 2.82. The van der Waals surface area contributed by atoms with Crippen LogP contribution < -0.4 is 4.72 Å². The molecule has 2 unspecified atom stereocenters. The van der Waals surface area contributed by atoms with Gasteiger partial charge in [-0.2, -0.15) is 0 Å². The predicted octanol–water partition coefficient (Wildman–Crippen LogP) is 1.00. The fraction of sp³-hybridized carbons (Fsp3) is 0.667. The number of rotatable bonds is 4. The van der Waals surface area contributed by atoms with Crippen LogP contribution in [-0.2, 0) is 16.6 Å². The normalized spacial score (nSPS) is 25.6. The Morgan fingerprint density at radius 1 is 1.58 bits per heavy atom. The van der Waals surface area contributed by atoms with Crippen LogP contribution in [0.3, 0.4) is 0 Å². The van der Waals surface area contributed by atoms with Crippen molar-refractivity contribution in [2.75, 3.05) is 13.6 Å². The van der Waals surface area contributed by atoms with Crippen LogP contribution in [0.25, 0.3) is 0 Å². The Morgan fingerprint density at radius 3 is 2.95 bits per heavy atom. The first-order valence-corrected chi connectivity index (χ1v) is 8.70. The van der Waals surface area contributed by atoms with Gasteiger partial charge in [-0.3, -0.25) is 0 Å². The van der Waals surface area contributed by atoms with Crippen LogP contribution in [0.5, 0.6) is 0 Å². The lowest BCUT2D eigenvalue weighted by molar-refractivity contribution is 0.178. The third kappa shape index (κ3) is 3.35. The minimum Gasteiger partial charge on any atom is -0.391 e. The minimum absolute atomic E-state index is 0.0253. The second-order valence-corrected chi connectivity index (χ2v) is 7.72. The first-order valence-electron chi connectivity index (χ1n) is 6.34. The Morgan fingerprint density at radius 2 is 2.32 bits per heavy atom. The first-order chi connectivity index (χ1) is 8.94. The highest BCUT2D eigenvalue weighted by Gasteiger charge is 2.28. The number of aliphatic hydroxyl groups is 1. The Bertz CT molecular complexity index is 527. The van der Waals surface area contributed by atoms with Gasteiger partial charge < -0.3 is 10.0 Å². The quantitative estimate of drug-likeness (QED) is 0.871. The summed E-state index contributed by atoms with van der Waals surface area (Å²) in [6, 6.07) is 1.90. The number of hydrogen-bond donors (Lipinski definition) is 2. The Balaban J connectivity index is 2.10. The molecule has 7 heteroatoms. The van der Waals surface area contributed by atoms with Crippen molar-refractivity contribution in [3.8, 4) is 0 Å². The van der Waals surface area contributed by atoms with Crippen molar-refractivity contribution in [1.29, 1.82) is 0 Å². The second kappa shape index (κ2) is 5.88. The monoisotopic (exact) mass is 304 g/mol. The average molecular weight is 304 g/mol. The molecule has 1 aliphatic heterocycles. The second-order valence-electron chi connectivity index (χ2n) is 5.04. The molecule has 0 amide bonds. The third-order valence-corrected chi connectivity index (χ3v) is 6.31. The molecule has 19 heavy (non-hydrogen) atoms. The first kappa shape index (κ1) is 14.9. The highest BCUT2D eigenvalue weighted by Crippen LogP contribution is 2.23. The molecule has 0 radical (unpaired) electrons. The molecule has 5 nitrogen and oxygen atoms in total. The molecular formula is C12H20N2O3S2. The molecule has 2 heterocycles. The standard InChI is InChI=1S/C12H20N2O3S2/c1-9-7-10(3-5-14(9)2)13-19(16,17)12-4-6-18-11(12)8-15/h4,6,9-10,13,15H,3,5,7-8H2,1-2H3. The predicted molar refractivity (Wildman–Crippen MR) is 75.7 cm³/mol. The third-order valence-electron chi connectivity index (χ3n) is 3.67. The minimum atomic E-state index is -3.52. The molecule has 0 saturated carbocycles. The zero-order valence-electron chi connectivity index (χ0n) is 11.2. The van der Waals surface area contributed by atoms with Crippen LogP contribution >= 0.6 is 11.3 Å². The molecule has 1 aliphatic rings. The van der Waals surface area contributed by atoms with Gasteiger partial charge in [0.25, 0.3) is 0 Å². The molecule has 1 saturated heterocycles. The van der Waals surface area contributed by atoms with Crippen LogP contribution in [0, 0.1) is 0 Å². The number of aliphatic hydroxyl groups excluding tert-OH is 1. The largest absolute Gasteiger partial charge is 0.391 e. The summed E-state index contributed by atoms with van der Waals surface area (Å²) in [5.74, 6) is 0. The van der Waals surface area contributed by atoms with Gasteiger partial charge in [0, 0.05) is 17.0 Å². The number of hydrogen-bond acceptors (Lipinski definition) is 5. The molecule has 0 spiro atoms. The summed E-state index contributed by atoms with van der Waals surface area (Å²) >= 11 is 1.26. The molecule has 0 aromatic carbocycles. The maximum atomic E-state index is 12.3. The lowest BCUT2D eigenvalue weighted by Crippen LogP contribution is -2.47. The molecule has 0 aliphatic carbocycles. The van der Waals surface area contributed by atoms with E-state index in [4.69, 9.17) is 5.11 Å². The van der Waals surface area contributed by atoms with Gasteiger partial charge >= 0.3 is 0 Å². The lowest BCUT2D eigenvalue weighted by atomic mass is 10.0. The zero-order valence-corrected chi connectivity index (χ0v) is 12.8. The van der Waals surface area contributed by atoms with E-state index in [1.54, 1.807) is 11.4 Å². The van der Waals surface area contributed by atoms with Crippen LogP contribution in [0.4, 0.5) is 0 Å². The summed E-state index contributed by atoms with van der Waals surface area (Å²) in [6.07, 6.45) is 1.63. The fourth-order valence-electron chi connectivity index (χ4n) is 2.36. The van der Waals surface area contributed by atoms with E-state index in [9.17, 15) is 8.42 Å². The van der Waals surface area contributed by atoms with Crippen molar-refractivity contribution in [2.45, 2.75) is 43.4 Å². The summed E-state index contributed by atoms with van der Waals surface area (Å²) in [4.78, 5) is 2.94. The van der Waals surface area contributed by atoms with Gasteiger partial charge in [-0.25, -0.2) is 13.1 Å². The van der Waals surface area contributed by atoms with E-state index in [1.165, 1.54) is 11.3 Å². The van der Waals surface area contributed by atoms with Crippen molar-refractivity contribution in [3.63, 3.8) is 0 Å². The van der Waals surface area contributed by atoms with Gasteiger partial charge in [0.15, 0.2) is 0 Å². The molecule has 2 atom stereocenters. The summed E-state index contributed by atoms with van der Waals surface area (Å²) in [5, 5.41) is 10.9. The van der Waals surface area contributed by atoms with Crippen LogP contribution in [0.2, 0.25) is 0 Å². The maximum absolute atomic E-state index is 12.3. The van der Waals surface area contributed by atoms with Gasteiger partial charge in [-0.05, 0) is 44.8 Å². The van der Waals surface area contributed by atoms with Gasteiger partial charge in [0.2, 0.25) is 10.0 Å². The molecule has 1 fully saturated rings. The Labute approximate surface area is 118 Å². The van der Waals surface area contributed by atoms with Crippen LogP contribution in [0.15, 0.2) is 16.3 Å². The van der Waals surface area contributed by atoms with E-state index < -0.39 is 10.0 Å². The summed E-state index contributed by atoms with van der Waals surface area (Å²) in [7, 11) is -1.46. The molecule has 2 rings (SSSR count). The van der Waals surface area contributed by atoms with Crippen molar-refractivity contribution in [2.24, 2.45) is 0 Å². The molecule has 1 aromatic heterocycles. The van der Waals surface area contributed by atoms with Gasteiger partial charge in [0.1, 0.15) is 0 Å². The smallest absolute Gasteiger partial charge is 0.242 e. The summed E-state index contributed by atoms with van der Waals surface area (Å²) in [6.45, 7) is 2.76. The SMILES string of the molecule is CC1CC(NS(=O)(=O)c2ccsc2CO)CCN1C. The lowest BCUT2D eigenvalue weighted by Gasteiger charge is -2.35. The van der Waals surface area contributed by atoms with E-state index in [1.807, 2.05) is 0 Å². The number of piperidine rings is 1. The molecule has 108 valence electrons. The molecular weight excluding hydrogens is 284 g/mol. The van der Waals surface area contributed by atoms with Crippen molar-refractivity contribution >= 4 is 21.4 Å². The Hall–Kier alpha value is -0.470. The molecule has 1 aromatic rings. The van der Waals surface area contributed by atoms with Gasteiger partial charge in [-0.15, -0.1) is 11.3 Å². The maximum Gasteiger partial charge on any atom is 0.242 e. The van der Waals surface area contributed by atoms with Crippen molar-refractivity contribution < 1.29 is 13.5 Å². The summed E-state index contributed by atoms with van der Waals surface area (Å²) < 4.78 is 27.4. The highest BCUT2D eigenvalue weighted by atomic mass is 32.2. The number of thiophene rings is 1. The highest BCUT2D eigenvalue weighted by molar-refractivity contribution is 7.89. The van der Waals surface area contributed by atoms with E-state index in [0.717, 1.165) is 19.4 Å².